The molecule has 2 heterocycles. The number of hydrogen-bond acceptors (Lipinski definition) is 6. The van der Waals surface area contributed by atoms with Gasteiger partial charge in [-0.2, -0.15) is 13.2 Å². The monoisotopic (exact) mass is 359 g/mol. The van der Waals surface area contributed by atoms with Gasteiger partial charge in [0.25, 0.3) is 0 Å². The molecule has 25 heavy (non-hydrogen) atoms. The zero-order chi connectivity index (χ0) is 18.7. The molecule has 2 aromatic heterocycles. The molecular formula is C16H16F3NO5. The Morgan fingerprint density at radius 1 is 1.32 bits per heavy atom. The van der Waals surface area contributed by atoms with Gasteiger partial charge in [-0.25, -0.2) is 0 Å². The normalized spacial score (nSPS) is 14.0. The fourth-order valence-electron chi connectivity index (χ4n) is 2.12. The van der Waals surface area contributed by atoms with E-state index in [0.29, 0.717) is 11.3 Å². The summed E-state index contributed by atoms with van der Waals surface area (Å²) in [4.78, 5) is 15.7. The van der Waals surface area contributed by atoms with E-state index in [2.05, 4.69) is 4.98 Å². The quantitative estimate of drug-likeness (QED) is 0.799. The molecule has 0 aromatic carbocycles. The third kappa shape index (κ3) is 4.11. The molecule has 136 valence electrons. The van der Waals surface area contributed by atoms with Crippen molar-refractivity contribution in [3.8, 4) is 5.75 Å². The van der Waals surface area contributed by atoms with Crippen LogP contribution in [0.25, 0.3) is 0 Å². The lowest BCUT2D eigenvalue weighted by atomic mass is 9.96. The van der Waals surface area contributed by atoms with Crippen molar-refractivity contribution in [2.24, 2.45) is 0 Å². The zero-order valence-corrected chi connectivity index (χ0v) is 13.5. The SMILES string of the molecule is COc1ccncc1COC(=O)CC(O)(c1ccc(C)o1)C(F)(F)F. The first kappa shape index (κ1) is 18.8. The highest BCUT2D eigenvalue weighted by Crippen LogP contribution is 2.42. The summed E-state index contributed by atoms with van der Waals surface area (Å²) in [6.45, 7) is 1.08. The van der Waals surface area contributed by atoms with Gasteiger partial charge in [0.2, 0.25) is 5.60 Å². The molecule has 0 radical (unpaired) electrons. The van der Waals surface area contributed by atoms with Crippen molar-refractivity contribution in [2.45, 2.75) is 31.7 Å². The number of carbonyl (C=O) groups is 1. The fraction of sp³-hybridized carbons (Fsp3) is 0.375. The Bertz CT molecular complexity index is 743. The first-order chi connectivity index (χ1) is 11.7. The van der Waals surface area contributed by atoms with Crippen LogP contribution in [0.4, 0.5) is 13.2 Å². The Morgan fingerprint density at radius 2 is 2.04 bits per heavy atom. The number of ether oxygens (including phenoxy) is 2. The molecular weight excluding hydrogens is 343 g/mol. The van der Waals surface area contributed by atoms with Gasteiger partial charge in [0, 0.05) is 18.0 Å². The van der Waals surface area contributed by atoms with Gasteiger partial charge in [-0.15, -0.1) is 0 Å². The molecule has 1 atom stereocenters. The van der Waals surface area contributed by atoms with Crippen LogP contribution >= 0.6 is 0 Å². The largest absolute Gasteiger partial charge is 0.496 e. The first-order valence-corrected chi connectivity index (χ1v) is 7.16. The molecule has 6 nitrogen and oxygen atoms in total. The number of halogens is 3. The van der Waals surface area contributed by atoms with E-state index in [1.165, 1.54) is 38.6 Å². The lowest BCUT2D eigenvalue weighted by Crippen LogP contribution is -2.44. The lowest BCUT2D eigenvalue weighted by molar-refractivity contribution is -0.275. The molecule has 9 heteroatoms. The summed E-state index contributed by atoms with van der Waals surface area (Å²) >= 11 is 0. The van der Waals surface area contributed by atoms with E-state index in [-0.39, 0.29) is 12.4 Å². The number of rotatable bonds is 6. The standard InChI is InChI=1S/C16H16F3NO5/c1-10-3-4-13(25-10)15(22,16(17,18)19)7-14(21)24-9-11-8-20-6-5-12(11)23-2/h3-6,8,22H,7,9H2,1-2H3. The highest BCUT2D eigenvalue weighted by molar-refractivity contribution is 5.71. The van der Waals surface area contributed by atoms with Crippen LogP contribution in [0, 0.1) is 6.92 Å². The zero-order valence-electron chi connectivity index (χ0n) is 13.5. The summed E-state index contributed by atoms with van der Waals surface area (Å²) in [5.41, 5.74) is -3.10. The van der Waals surface area contributed by atoms with Crippen LogP contribution in [0.5, 0.6) is 5.75 Å². The minimum absolute atomic E-state index is 0.172. The van der Waals surface area contributed by atoms with Crippen LogP contribution in [0.1, 0.15) is 23.5 Å². The van der Waals surface area contributed by atoms with Gasteiger partial charge in [0.1, 0.15) is 23.9 Å². The van der Waals surface area contributed by atoms with Crippen LogP contribution in [0.15, 0.2) is 35.0 Å². The van der Waals surface area contributed by atoms with Crippen molar-refractivity contribution < 1.29 is 37.0 Å². The maximum Gasteiger partial charge on any atom is 0.425 e. The smallest absolute Gasteiger partial charge is 0.425 e. The lowest BCUT2D eigenvalue weighted by Gasteiger charge is -2.27. The number of aryl methyl sites for hydroxylation is 1. The summed E-state index contributed by atoms with van der Waals surface area (Å²) in [5.74, 6) is -1.48. The Balaban J connectivity index is 2.13. The Morgan fingerprint density at radius 3 is 2.60 bits per heavy atom. The maximum atomic E-state index is 13.3. The highest BCUT2D eigenvalue weighted by Gasteiger charge is 2.58. The number of methoxy groups -OCH3 is 1. The minimum atomic E-state index is -5.12. The maximum absolute atomic E-state index is 13.3. The number of alkyl halides is 3. The second kappa shape index (κ2) is 7.14. The number of aromatic nitrogens is 1. The van der Waals surface area contributed by atoms with Crippen molar-refractivity contribution in [2.75, 3.05) is 7.11 Å². The molecule has 0 aliphatic carbocycles. The summed E-state index contributed by atoms with van der Waals surface area (Å²) in [5, 5.41) is 10.0. The number of aliphatic hydroxyl groups is 1. The Labute approximate surface area is 141 Å². The van der Waals surface area contributed by atoms with Gasteiger partial charge in [-0.3, -0.25) is 9.78 Å². The van der Waals surface area contributed by atoms with Crippen molar-refractivity contribution >= 4 is 5.97 Å². The number of hydrogen-bond donors (Lipinski definition) is 1. The topological polar surface area (TPSA) is 81.8 Å². The predicted octanol–water partition coefficient (Wildman–Crippen LogP) is 2.88. The van der Waals surface area contributed by atoms with Crippen molar-refractivity contribution in [1.82, 2.24) is 4.98 Å². The molecule has 0 bridgehead atoms. The molecule has 0 saturated heterocycles. The average molecular weight is 359 g/mol. The number of nitrogens with zero attached hydrogens (tertiary/aromatic N) is 1. The van der Waals surface area contributed by atoms with Gasteiger partial charge >= 0.3 is 12.1 Å². The first-order valence-electron chi connectivity index (χ1n) is 7.16. The van der Waals surface area contributed by atoms with E-state index in [4.69, 9.17) is 13.9 Å². The van der Waals surface area contributed by atoms with Crippen LogP contribution in [-0.2, 0) is 21.7 Å². The molecule has 0 aliphatic heterocycles. The summed E-state index contributed by atoms with van der Waals surface area (Å²) < 4.78 is 54.6. The van der Waals surface area contributed by atoms with Gasteiger partial charge in [0.05, 0.1) is 13.5 Å². The van der Waals surface area contributed by atoms with Crippen LogP contribution in [-0.4, -0.2) is 29.3 Å². The fourth-order valence-corrected chi connectivity index (χ4v) is 2.12. The van der Waals surface area contributed by atoms with Crippen LogP contribution < -0.4 is 4.74 Å². The van der Waals surface area contributed by atoms with Crippen molar-refractivity contribution in [3.05, 3.63) is 47.7 Å². The van der Waals surface area contributed by atoms with Crippen LogP contribution in [0.2, 0.25) is 0 Å². The van der Waals surface area contributed by atoms with E-state index in [0.717, 1.165) is 6.07 Å². The minimum Gasteiger partial charge on any atom is -0.496 e. The van der Waals surface area contributed by atoms with Gasteiger partial charge < -0.3 is 19.0 Å². The molecule has 1 N–H and O–H groups in total. The third-order valence-corrected chi connectivity index (χ3v) is 3.48. The van der Waals surface area contributed by atoms with E-state index < -0.39 is 29.9 Å². The molecule has 0 saturated carbocycles. The molecule has 0 amide bonds. The Kier molecular flexibility index (Phi) is 5.36. The van der Waals surface area contributed by atoms with E-state index >= 15 is 0 Å². The van der Waals surface area contributed by atoms with Gasteiger partial charge in [0.15, 0.2) is 0 Å². The molecule has 0 fully saturated rings. The third-order valence-electron chi connectivity index (χ3n) is 3.48. The van der Waals surface area contributed by atoms with E-state index in [1.54, 1.807) is 0 Å². The van der Waals surface area contributed by atoms with Gasteiger partial charge in [-0.1, -0.05) is 0 Å². The Hall–Kier alpha value is -2.55. The number of pyridine rings is 1. The number of furan rings is 1. The molecule has 2 aromatic rings. The number of esters is 1. The molecule has 0 aliphatic rings. The van der Waals surface area contributed by atoms with Crippen molar-refractivity contribution in [3.63, 3.8) is 0 Å². The molecule has 2 rings (SSSR count). The summed E-state index contributed by atoms with van der Waals surface area (Å²) in [7, 11) is 1.39. The highest BCUT2D eigenvalue weighted by atomic mass is 19.4. The van der Waals surface area contributed by atoms with E-state index in [1.807, 2.05) is 0 Å². The van der Waals surface area contributed by atoms with Crippen LogP contribution in [0.3, 0.4) is 0 Å². The molecule has 1 unspecified atom stereocenters. The average Bonchev–Trinajstić information content (AvgIpc) is 2.99. The van der Waals surface area contributed by atoms with Gasteiger partial charge in [-0.05, 0) is 25.1 Å². The summed E-state index contributed by atoms with van der Waals surface area (Å²) in [6.07, 6.45) is -3.65. The predicted molar refractivity (Wildman–Crippen MR) is 78.6 cm³/mol. The van der Waals surface area contributed by atoms with E-state index in [9.17, 15) is 23.1 Å². The number of carbonyl (C=O) groups excluding carboxylic acids is 1. The van der Waals surface area contributed by atoms with Crippen molar-refractivity contribution in [1.29, 1.82) is 0 Å². The second-order valence-electron chi connectivity index (χ2n) is 5.29. The summed E-state index contributed by atoms with van der Waals surface area (Å²) in [6, 6.07) is 3.75. The molecule has 0 spiro atoms. The second-order valence-corrected chi connectivity index (χ2v) is 5.29.